The number of piperazine rings is 1. The van der Waals surface area contributed by atoms with Crippen molar-refractivity contribution in [2.24, 2.45) is 5.92 Å². The summed E-state index contributed by atoms with van der Waals surface area (Å²) in [7, 11) is 0. The molecule has 0 unspecified atom stereocenters. The highest BCUT2D eigenvalue weighted by Gasteiger charge is 2.37. The van der Waals surface area contributed by atoms with Crippen molar-refractivity contribution in [1.82, 2.24) is 39.0 Å². The predicted molar refractivity (Wildman–Crippen MR) is 142 cm³/mol. The molecule has 0 radical (unpaired) electrons. The van der Waals surface area contributed by atoms with E-state index in [1.807, 2.05) is 10.7 Å². The minimum absolute atomic E-state index is 0.0688. The number of rotatable bonds is 6. The Hall–Kier alpha value is -3.99. The van der Waals surface area contributed by atoms with Crippen molar-refractivity contribution < 1.29 is 8.78 Å². The molecule has 5 heterocycles. The summed E-state index contributed by atoms with van der Waals surface area (Å²) in [5, 5.41) is 8.40. The summed E-state index contributed by atoms with van der Waals surface area (Å²) >= 11 is 0. The highest BCUT2D eigenvalue weighted by Crippen LogP contribution is 2.36. The second-order valence-electron chi connectivity index (χ2n) is 10.9. The second-order valence-corrected chi connectivity index (χ2v) is 10.9. The Morgan fingerprint density at radius 2 is 1.72 bits per heavy atom. The molecule has 0 bridgehead atoms. The predicted octanol–water partition coefficient (Wildman–Crippen LogP) is 4.25. The van der Waals surface area contributed by atoms with E-state index in [1.54, 1.807) is 24.5 Å². The van der Waals surface area contributed by atoms with E-state index in [2.05, 4.69) is 43.4 Å². The van der Waals surface area contributed by atoms with Gasteiger partial charge in [0.2, 0.25) is 0 Å². The minimum Gasteiger partial charge on any atom is -0.349 e. The number of hydrogen-bond donors (Lipinski definition) is 0. The number of imidazole rings is 1. The maximum atomic E-state index is 13.8. The Morgan fingerprint density at radius 3 is 2.46 bits per heavy atom. The Kier molecular flexibility index (Phi) is 5.76. The zero-order valence-corrected chi connectivity index (χ0v) is 21.8. The fourth-order valence-electron chi connectivity index (χ4n) is 5.84. The molecule has 1 saturated carbocycles. The van der Waals surface area contributed by atoms with E-state index in [4.69, 9.17) is 9.97 Å². The van der Waals surface area contributed by atoms with Crippen LogP contribution in [0.3, 0.4) is 0 Å². The molecule has 0 amide bonds. The van der Waals surface area contributed by atoms with Crippen LogP contribution in [0.4, 0.5) is 14.6 Å². The van der Waals surface area contributed by atoms with Crippen molar-refractivity contribution in [2.45, 2.75) is 51.4 Å². The first-order chi connectivity index (χ1) is 19.0. The first kappa shape index (κ1) is 24.1. The van der Waals surface area contributed by atoms with Gasteiger partial charge in [-0.15, -0.1) is 10.2 Å². The summed E-state index contributed by atoms with van der Waals surface area (Å²) in [5.41, 5.74) is 3.44. The van der Waals surface area contributed by atoms with Crippen LogP contribution in [-0.2, 0) is 6.54 Å². The van der Waals surface area contributed by atoms with Gasteiger partial charge in [0, 0.05) is 31.7 Å². The van der Waals surface area contributed by atoms with Gasteiger partial charge >= 0.3 is 0 Å². The van der Waals surface area contributed by atoms with Crippen LogP contribution in [0.2, 0.25) is 0 Å². The smallest absolute Gasteiger partial charge is 0.258 e. The third-order valence-electron chi connectivity index (χ3n) is 7.99. The number of pyridine rings is 1. The summed E-state index contributed by atoms with van der Waals surface area (Å²) in [6.07, 6.45) is 7.34. The molecule has 0 N–H and O–H groups in total. The van der Waals surface area contributed by atoms with Crippen molar-refractivity contribution >= 4 is 22.8 Å². The molecule has 1 aliphatic heterocycles. The summed E-state index contributed by atoms with van der Waals surface area (Å²) in [4.78, 5) is 18.8. The van der Waals surface area contributed by atoms with Gasteiger partial charge < -0.3 is 9.47 Å². The Labute approximate surface area is 224 Å². The van der Waals surface area contributed by atoms with Crippen LogP contribution in [-0.4, -0.2) is 64.2 Å². The molecule has 4 aromatic heterocycles. The average molecular weight is 530 g/mol. The monoisotopic (exact) mass is 529 g/mol. The van der Waals surface area contributed by atoms with Crippen molar-refractivity contribution in [1.29, 1.82) is 0 Å². The van der Waals surface area contributed by atoms with Gasteiger partial charge in [-0.1, -0.05) is 12.1 Å². The van der Waals surface area contributed by atoms with E-state index in [0.29, 0.717) is 24.8 Å². The number of nitrogens with zero attached hydrogens (tertiary/aromatic N) is 9. The number of benzene rings is 1. The molecule has 0 spiro atoms. The molecule has 1 aromatic carbocycles. The molecule has 200 valence electrons. The van der Waals surface area contributed by atoms with Crippen LogP contribution in [0.25, 0.3) is 16.9 Å². The quantitative estimate of drug-likeness (QED) is 0.325. The van der Waals surface area contributed by atoms with Gasteiger partial charge in [-0.2, -0.15) is 4.98 Å². The van der Waals surface area contributed by atoms with E-state index < -0.39 is 0 Å². The highest BCUT2D eigenvalue weighted by atomic mass is 19.1. The zero-order valence-electron chi connectivity index (χ0n) is 21.8. The maximum Gasteiger partial charge on any atom is 0.258 e. The second kappa shape index (κ2) is 9.33. The minimum atomic E-state index is -0.386. The lowest BCUT2D eigenvalue weighted by Crippen LogP contribution is -2.57. The average Bonchev–Trinajstić information content (AvgIpc) is 3.45. The van der Waals surface area contributed by atoms with Gasteiger partial charge in [-0.25, -0.2) is 18.2 Å². The number of anilines is 1. The summed E-state index contributed by atoms with van der Waals surface area (Å²) < 4.78 is 31.7. The molecule has 9 nitrogen and oxygen atoms in total. The van der Waals surface area contributed by atoms with Gasteiger partial charge in [0.15, 0.2) is 11.5 Å². The molecule has 1 saturated heterocycles. The fraction of sp³-hybridized carbons (Fsp3) is 0.393. The standard InChI is InChI=1S/C28H29F2N9/c1-17-13-38(26-24-27(39-16-33-35-28(39)34-26)36(15-32-24)14-19-3-4-19)18(2)12-37(17)25(20-5-7-21(29)8-6-20)23-10-9-22(30)11-31-23/h5-11,15-19,25H,3-4,12-14H2,1-2H3/t17-,18+,25-/m1/s1. The number of aromatic nitrogens is 7. The van der Waals surface area contributed by atoms with Crippen LogP contribution < -0.4 is 4.90 Å². The van der Waals surface area contributed by atoms with Crippen molar-refractivity contribution in [3.8, 4) is 0 Å². The molecule has 2 aliphatic rings. The molecular formula is C28H29F2N9. The number of fused-ring (bicyclic) bond motifs is 3. The van der Waals surface area contributed by atoms with E-state index in [0.717, 1.165) is 34.8 Å². The maximum absolute atomic E-state index is 13.8. The fourth-order valence-corrected chi connectivity index (χ4v) is 5.84. The summed E-state index contributed by atoms with van der Waals surface area (Å²) in [5.74, 6) is 1.37. The van der Waals surface area contributed by atoms with Crippen LogP contribution >= 0.6 is 0 Å². The highest BCUT2D eigenvalue weighted by molar-refractivity contribution is 5.86. The van der Waals surface area contributed by atoms with Crippen molar-refractivity contribution in [3.63, 3.8) is 0 Å². The van der Waals surface area contributed by atoms with Crippen LogP contribution in [0, 0.1) is 17.6 Å². The van der Waals surface area contributed by atoms with Crippen LogP contribution in [0.15, 0.2) is 55.2 Å². The Morgan fingerprint density at radius 1 is 0.923 bits per heavy atom. The lowest BCUT2D eigenvalue weighted by Gasteiger charge is -2.47. The SMILES string of the molecule is C[C@@H]1CN(c2nc3nncn3c3c2ncn3CC2CC2)[C@@H](C)CN1[C@H](c1ccc(F)cc1)c1ccc(F)cn1. The largest absolute Gasteiger partial charge is 0.349 e. The van der Waals surface area contributed by atoms with Crippen LogP contribution in [0.5, 0.6) is 0 Å². The van der Waals surface area contributed by atoms with Gasteiger partial charge in [0.05, 0.1) is 24.3 Å². The zero-order chi connectivity index (χ0) is 26.7. The molecule has 1 aliphatic carbocycles. The third-order valence-corrected chi connectivity index (χ3v) is 7.99. The lowest BCUT2D eigenvalue weighted by molar-refractivity contribution is 0.127. The Balaban J connectivity index is 1.26. The lowest BCUT2D eigenvalue weighted by atomic mass is 9.96. The summed E-state index contributed by atoms with van der Waals surface area (Å²) in [6.45, 7) is 6.63. The molecule has 5 aromatic rings. The number of halogens is 2. The molecule has 2 fully saturated rings. The van der Waals surface area contributed by atoms with Gasteiger partial charge in [-0.05, 0) is 62.4 Å². The molecule has 39 heavy (non-hydrogen) atoms. The van der Waals surface area contributed by atoms with Crippen molar-refractivity contribution in [3.05, 3.63) is 78.1 Å². The molecule has 7 rings (SSSR count). The van der Waals surface area contributed by atoms with E-state index in [9.17, 15) is 8.78 Å². The number of hydrogen-bond acceptors (Lipinski definition) is 7. The van der Waals surface area contributed by atoms with E-state index in [-0.39, 0.29) is 29.8 Å². The van der Waals surface area contributed by atoms with Crippen LogP contribution in [0.1, 0.15) is 44.0 Å². The van der Waals surface area contributed by atoms with Crippen molar-refractivity contribution in [2.75, 3.05) is 18.0 Å². The van der Waals surface area contributed by atoms with Gasteiger partial charge in [0.1, 0.15) is 23.5 Å². The first-order valence-electron chi connectivity index (χ1n) is 13.4. The van der Waals surface area contributed by atoms with E-state index >= 15 is 0 Å². The molecular weight excluding hydrogens is 500 g/mol. The molecule has 11 heteroatoms. The third kappa shape index (κ3) is 4.30. The van der Waals surface area contributed by atoms with Gasteiger partial charge in [0.25, 0.3) is 5.78 Å². The van der Waals surface area contributed by atoms with E-state index in [1.165, 1.54) is 37.2 Å². The topological polar surface area (TPSA) is 80.3 Å². The van der Waals surface area contributed by atoms with Gasteiger partial charge in [-0.3, -0.25) is 9.88 Å². The summed E-state index contributed by atoms with van der Waals surface area (Å²) in [6, 6.07) is 9.51. The Bertz CT molecular complexity index is 1580. The molecule has 3 atom stereocenters. The first-order valence-corrected chi connectivity index (χ1v) is 13.4. The normalized spacial score (nSPS) is 21.2.